The normalized spacial score (nSPS) is 11.6. The molecule has 0 saturated heterocycles. The highest BCUT2D eigenvalue weighted by Gasteiger charge is 2.19. The molecule has 7 heteroatoms. The van der Waals surface area contributed by atoms with Gasteiger partial charge in [0.2, 0.25) is 0 Å². The third-order valence-corrected chi connectivity index (χ3v) is 3.07. The molecule has 0 aliphatic carbocycles. The first kappa shape index (κ1) is 15.2. The number of carboxylic acid groups (broad SMARTS) is 1. The van der Waals surface area contributed by atoms with E-state index in [1.165, 1.54) is 11.8 Å². The van der Waals surface area contributed by atoms with Gasteiger partial charge in [-0.25, -0.2) is 9.59 Å². The number of carbonyl (C=O) groups excluding carboxylic acids is 1. The van der Waals surface area contributed by atoms with Crippen molar-refractivity contribution in [1.29, 1.82) is 0 Å². The lowest BCUT2D eigenvalue weighted by molar-refractivity contribution is -0.139. The van der Waals surface area contributed by atoms with E-state index in [-0.39, 0.29) is 0 Å². The van der Waals surface area contributed by atoms with Crippen molar-refractivity contribution in [2.24, 2.45) is 0 Å². The monoisotopic (exact) mass is 283 g/mol. The van der Waals surface area contributed by atoms with Gasteiger partial charge < -0.3 is 21.5 Å². The summed E-state index contributed by atoms with van der Waals surface area (Å²) in [5, 5.41) is 13.9. The number of nitrogen functional groups attached to an aromatic ring is 1. The first-order valence-corrected chi connectivity index (χ1v) is 7.07. The summed E-state index contributed by atoms with van der Waals surface area (Å²) in [4.78, 5) is 22.7. The summed E-state index contributed by atoms with van der Waals surface area (Å²) in [5.74, 6) is -0.393. The van der Waals surface area contributed by atoms with Crippen molar-refractivity contribution >= 4 is 35.1 Å². The quantitative estimate of drug-likeness (QED) is 0.594. The Morgan fingerprint density at radius 2 is 2.11 bits per heavy atom. The van der Waals surface area contributed by atoms with E-state index >= 15 is 0 Å². The fourth-order valence-electron chi connectivity index (χ4n) is 1.42. The molecule has 1 atom stereocenters. The second kappa shape index (κ2) is 7.52. The van der Waals surface area contributed by atoms with Crippen LogP contribution < -0.4 is 16.4 Å². The molecule has 19 heavy (non-hydrogen) atoms. The van der Waals surface area contributed by atoms with Gasteiger partial charge in [0, 0.05) is 0 Å². The number of benzene rings is 1. The van der Waals surface area contributed by atoms with Gasteiger partial charge in [-0.1, -0.05) is 12.1 Å². The number of nitrogens with two attached hydrogens (primary N) is 1. The molecule has 0 radical (unpaired) electrons. The highest BCUT2D eigenvalue weighted by molar-refractivity contribution is 7.98. The van der Waals surface area contributed by atoms with Crippen LogP contribution in [0.4, 0.5) is 16.2 Å². The van der Waals surface area contributed by atoms with Crippen molar-refractivity contribution in [2.45, 2.75) is 12.5 Å². The molecule has 1 aromatic rings. The second-order valence-corrected chi connectivity index (χ2v) is 4.84. The minimum absolute atomic E-state index is 0.369. The van der Waals surface area contributed by atoms with Crippen LogP contribution in [0.5, 0.6) is 0 Å². The molecule has 0 heterocycles. The summed E-state index contributed by atoms with van der Waals surface area (Å²) in [6.45, 7) is 0. The molecule has 0 aromatic heterocycles. The summed E-state index contributed by atoms with van der Waals surface area (Å²) < 4.78 is 0. The average molecular weight is 283 g/mol. The lowest BCUT2D eigenvalue weighted by Gasteiger charge is -2.15. The van der Waals surface area contributed by atoms with Crippen LogP contribution in [-0.2, 0) is 4.79 Å². The van der Waals surface area contributed by atoms with E-state index in [0.29, 0.717) is 23.5 Å². The maximum absolute atomic E-state index is 11.7. The van der Waals surface area contributed by atoms with Gasteiger partial charge in [-0.15, -0.1) is 0 Å². The van der Waals surface area contributed by atoms with Gasteiger partial charge in [-0.2, -0.15) is 11.8 Å². The molecule has 1 rings (SSSR count). The molecule has 0 aliphatic rings. The van der Waals surface area contributed by atoms with Gasteiger partial charge in [0.15, 0.2) is 0 Å². The zero-order chi connectivity index (χ0) is 14.3. The topological polar surface area (TPSA) is 104 Å². The lowest BCUT2D eigenvalue weighted by Crippen LogP contribution is -2.43. The molecule has 0 saturated carbocycles. The van der Waals surface area contributed by atoms with Gasteiger partial charge in [0.1, 0.15) is 6.04 Å². The second-order valence-electron chi connectivity index (χ2n) is 3.86. The van der Waals surface area contributed by atoms with Gasteiger partial charge in [0.05, 0.1) is 11.4 Å². The molecule has 0 aliphatic heterocycles. The Morgan fingerprint density at radius 3 is 2.68 bits per heavy atom. The standard InChI is InChI=1S/C12H17N3O3S/c1-19-7-6-10(11(16)17)15-12(18)14-9-5-3-2-4-8(9)13/h2-5,10H,6-7,13H2,1H3,(H,16,17)(H2,14,15,18)/t10-/m1/s1. The fraction of sp³-hybridized carbons (Fsp3) is 0.333. The van der Waals surface area contributed by atoms with Gasteiger partial charge in [-0.3, -0.25) is 0 Å². The largest absolute Gasteiger partial charge is 0.480 e. The number of carbonyl (C=O) groups is 2. The third kappa shape index (κ3) is 5.09. The van der Waals surface area contributed by atoms with Crippen LogP contribution in [0.25, 0.3) is 0 Å². The number of urea groups is 1. The minimum Gasteiger partial charge on any atom is -0.480 e. The van der Waals surface area contributed by atoms with Gasteiger partial charge in [0.25, 0.3) is 0 Å². The molecule has 104 valence electrons. The highest BCUT2D eigenvalue weighted by Crippen LogP contribution is 2.16. The number of rotatable bonds is 6. The molecule has 0 unspecified atom stereocenters. The van der Waals surface area contributed by atoms with Gasteiger partial charge in [-0.05, 0) is 30.6 Å². The maximum atomic E-state index is 11.7. The summed E-state index contributed by atoms with van der Waals surface area (Å²) in [6, 6.07) is 5.29. The van der Waals surface area contributed by atoms with Crippen molar-refractivity contribution in [2.75, 3.05) is 23.1 Å². The van der Waals surface area contributed by atoms with Crippen molar-refractivity contribution in [3.8, 4) is 0 Å². The number of para-hydroxylation sites is 2. The number of nitrogens with one attached hydrogen (secondary N) is 2. The molecule has 2 amide bonds. The average Bonchev–Trinajstić information content (AvgIpc) is 2.37. The minimum atomic E-state index is -1.05. The number of anilines is 2. The molecule has 6 nitrogen and oxygen atoms in total. The number of carboxylic acids is 1. The van der Waals surface area contributed by atoms with E-state index in [0.717, 1.165) is 0 Å². The Bertz CT molecular complexity index is 454. The Kier molecular flexibility index (Phi) is 6.01. The molecule has 5 N–H and O–H groups in total. The fourth-order valence-corrected chi connectivity index (χ4v) is 1.89. The number of hydrogen-bond donors (Lipinski definition) is 4. The molecule has 0 spiro atoms. The Labute approximate surface area is 115 Å². The SMILES string of the molecule is CSCC[C@@H](NC(=O)Nc1ccccc1N)C(=O)O. The molecule has 0 fully saturated rings. The van der Waals surface area contributed by atoms with Crippen LogP contribution in [-0.4, -0.2) is 35.2 Å². The van der Waals surface area contributed by atoms with E-state index in [2.05, 4.69) is 10.6 Å². The van der Waals surface area contributed by atoms with Crippen molar-refractivity contribution in [3.05, 3.63) is 24.3 Å². The van der Waals surface area contributed by atoms with Crippen LogP contribution in [0.15, 0.2) is 24.3 Å². The first-order valence-electron chi connectivity index (χ1n) is 5.68. The zero-order valence-corrected chi connectivity index (χ0v) is 11.4. The number of hydrogen-bond acceptors (Lipinski definition) is 4. The van der Waals surface area contributed by atoms with Crippen LogP contribution in [0.3, 0.4) is 0 Å². The molecular weight excluding hydrogens is 266 g/mol. The molecule has 0 bridgehead atoms. The van der Waals surface area contributed by atoms with E-state index in [1.54, 1.807) is 24.3 Å². The van der Waals surface area contributed by atoms with Crippen molar-refractivity contribution in [3.63, 3.8) is 0 Å². The van der Waals surface area contributed by atoms with E-state index < -0.39 is 18.0 Å². The smallest absolute Gasteiger partial charge is 0.326 e. The van der Waals surface area contributed by atoms with Gasteiger partial charge >= 0.3 is 12.0 Å². The number of amides is 2. The number of thioether (sulfide) groups is 1. The Hall–Kier alpha value is -1.89. The van der Waals surface area contributed by atoms with Crippen molar-refractivity contribution in [1.82, 2.24) is 5.32 Å². The van der Waals surface area contributed by atoms with Crippen LogP contribution in [0.2, 0.25) is 0 Å². The van der Waals surface area contributed by atoms with Crippen LogP contribution in [0.1, 0.15) is 6.42 Å². The maximum Gasteiger partial charge on any atom is 0.326 e. The molecular formula is C12H17N3O3S. The lowest BCUT2D eigenvalue weighted by atomic mass is 10.2. The Balaban J connectivity index is 2.58. The van der Waals surface area contributed by atoms with E-state index in [1.807, 2.05) is 6.26 Å². The predicted molar refractivity (Wildman–Crippen MR) is 77.4 cm³/mol. The number of aliphatic carboxylic acids is 1. The summed E-state index contributed by atoms with van der Waals surface area (Å²) in [7, 11) is 0. The summed E-state index contributed by atoms with van der Waals surface area (Å²) in [6.07, 6.45) is 2.25. The molecule has 1 aromatic carbocycles. The third-order valence-electron chi connectivity index (χ3n) is 2.42. The van der Waals surface area contributed by atoms with Crippen molar-refractivity contribution < 1.29 is 14.7 Å². The highest BCUT2D eigenvalue weighted by atomic mass is 32.2. The first-order chi connectivity index (χ1) is 9.04. The summed E-state index contributed by atoms with van der Waals surface area (Å²) in [5.41, 5.74) is 6.55. The van der Waals surface area contributed by atoms with E-state index in [9.17, 15) is 9.59 Å². The zero-order valence-electron chi connectivity index (χ0n) is 10.6. The predicted octanol–water partition coefficient (Wildman–Crippen LogP) is 1.60. The summed E-state index contributed by atoms with van der Waals surface area (Å²) >= 11 is 1.53. The van der Waals surface area contributed by atoms with Crippen LogP contribution >= 0.6 is 11.8 Å². The Morgan fingerprint density at radius 1 is 1.42 bits per heavy atom. The van der Waals surface area contributed by atoms with E-state index in [4.69, 9.17) is 10.8 Å². The van der Waals surface area contributed by atoms with Crippen LogP contribution in [0, 0.1) is 0 Å².